The molecular weight excluding hydrogens is 554 g/mol. The van der Waals surface area contributed by atoms with Gasteiger partial charge in [-0.2, -0.15) is 0 Å². The van der Waals surface area contributed by atoms with Gasteiger partial charge in [0.25, 0.3) is 0 Å². The molecule has 2 aliphatic carbocycles. The van der Waals surface area contributed by atoms with Crippen molar-refractivity contribution < 1.29 is 59.2 Å². The Bertz CT molecular complexity index is 1580. The molecule has 0 saturated carbocycles. The lowest BCUT2D eigenvalue weighted by Crippen LogP contribution is -2.68. The van der Waals surface area contributed by atoms with Gasteiger partial charge in [-0.1, -0.05) is 0 Å². The van der Waals surface area contributed by atoms with Gasteiger partial charge in [0.2, 0.25) is 12.1 Å². The topological polar surface area (TPSA) is 204 Å². The smallest absolute Gasteiger partial charge is 0.316 e. The molecule has 2 aromatic rings. The van der Waals surface area contributed by atoms with E-state index in [4.69, 9.17) is 14.2 Å². The van der Waals surface area contributed by atoms with Crippen LogP contribution in [0, 0.1) is 0 Å². The highest BCUT2D eigenvalue weighted by Gasteiger charge is 2.59. The number of hydrogen-bond donors (Lipinski definition) is 6. The van der Waals surface area contributed by atoms with Crippen molar-refractivity contribution in [3.63, 3.8) is 0 Å². The van der Waals surface area contributed by atoms with Crippen molar-refractivity contribution in [1.29, 1.82) is 0 Å². The van der Waals surface area contributed by atoms with Gasteiger partial charge in [0, 0.05) is 23.1 Å². The van der Waals surface area contributed by atoms with Crippen molar-refractivity contribution in [2.24, 2.45) is 0 Å². The molecule has 8 atom stereocenters. The molecule has 1 unspecified atom stereocenters. The largest absolute Gasteiger partial charge is 0.507 e. The number of esters is 1. The van der Waals surface area contributed by atoms with E-state index in [1.165, 1.54) is 13.8 Å². The Hall–Kier alpha value is -3.59. The van der Waals surface area contributed by atoms with E-state index in [-0.39, 0.29) is 40.0 Å². The number of rotatable bonds is 2. The van der Waals surface area contributed by atoms with Gasteiger partial charge >= 0.3 is 5.97 Å². The number of fused-ring (bicyclic) bond motifs is 8. The Morgan fingerprint density at radius 1 is 1.05 bits per heavy atom. The van der Waals surface area contributed by atoms with Crippen LogP contribution in [0.4, 0.5) is 0 Å². The van der Waals surface area contributed by atoms with Gasteiger partial charge in [0.1, 0.15) is 41.0 Å². The van der Waals surface area contributed by atoms with Crippen LogP contribution in [-0.4, -0.2) is 104 Å². The first-order valence-corrected chi connectivity index (χ1v) is 13.3. The molecule has 13 nitrogen and oxygen atoms in total. The van der Waals surface area contributed by atoms with Gasteiger partial charge in [-0.3, -0.25) is 14.4 Å². The molecule has 6 rings (SSSR count). The number of hydrogen-bond acceptors (Lipinski definition) is 13. The van der Waals surface area contributed by atoms with Crippen molar-refractivity contribution >= 4 is 17.5 Å². The molecule has 2 bridgehead atoms. The molecule has 42 heavy (non-hydrogen) atoms. The third kappa shape index (κ3) is 3.49. The Balaban J connectivity index is 1.60. The quantitative estimate of drug-likeness (QED) is 0.218. The van der Waals surface area contributed by atoms with E-state index in [2.05, 4.69) is 0 Å². The number of phenols is 2. The van der Waals surface area contributed by atoms with Gasteiger partial charge in [-0.15, -0.1) is 0 Å². The molecular formula is C29H31NO12. The average Bonchev–Trinajstić information content (AvgIpc) is 2.89. The normalized spacial score (nSPS) is 34.6. The van der Waals surface area contributed by atoms with Crippen LogP contribution < -0.4 is 4.74 Å². The Labute approximate surface area is 239 Å². The predicted octanol–water partition coefficient (Wildman–Crippen LogP) is -0.0662. The molecule has 2 heterocycles. The minimum atomic E-state index is -1.83. The summed E-state index contributed by atoms with van der Waals surface area (Å²) < 4.78 is 16.7. The monoisotopic (exact) mass is 585 g/mol. The summed E-state index contributed by atoms with van der Waals surface area (Å²) in [6.45, 7) is 2.81. The van der Waals surface area contributed by atoms with Crippen LogP contribution in [0.15, 0.2) is 12.1 Å². The maximum absolute atomic E-state index is 14.2. The van der Waals surface area contributed by atoms with E-state index in [0.29, 0.717) is 0 Å². The molecule has 0 amide bonds. The number of aliphatic hydroxyl groups is 4. The van der Waals surface area contributed by atoms with Gasteiger partial charge in [0.05, 0.1) is 41.5 Å². The zero-order valence-electron chi connectivity index (χ0n) is 23.4. The highest BCUT2D eigenvalue weighted by molar-refractivity contribution is 6.31. The summed E-state index contributed by atoms with van der Waals surface area (Å²) in [4.78, 5) is 42.4. The second-order valence-corrected chi connectivity index (χ2v) is 12.0. The molecule has 0 aromatic heterocycles. The number of ketones is 2. The molecule has 1 fully saturated rings. The average molecular weight is 586 g/mol. The highest BCUT2D eigenvalue weighted by Crippen LogP contribution is 2.55. The minimum absolute atomic E-state index is 0.0545. The molecule has 2 aromatic carbocycles. The van der Waals surface area contributed by atoms with Crippen molar-refractivity contribution in [1.82, 2.24) is 4.90 Å². The summed E-state index contributed by atoms with van der Waals surface area (Å²) in [5.41, 5.74) is -5.43. The molecule has 4 aliphatic rings. The fourth-order valence-corrected chi connectivity index (χ4v) is 7.07. The highest BCUT2D eigenvalue weighted by atomic mass is 16.7. The fraction of sp³-hybridized carbons (Fsp3) is 0.483. The Kier molecular flexibility index (Phi) is 6.08. The van der Waals surface area contributed by atoms with Crippen molar-refractivity contribution in [2.75, 3.05) is 21.2 Å². The van der Waals surface area contributed by atoms with Crippen LogP contribution in [0.2, 0.25) is 0 Å². The third-order valence-corrected chi connectivity index (χ3v) is 9.11. The molecule has 1 saturated heterocycles. The Morgan fingerprint density at radius 3 is 2.33 bits per heavy atom. The number of phenolic OH excluding ortho intramolecular Hbond substituents is 2. The molecule has 13 heteroatoms. The van der Waals surface area contributed by atoms with E-state index in [0.717, 1.165) is 19.2 Å². The number of aliphatic hydroxyl groups excluding tert-OH is 3. The van der Waals surface area contributed by atoms with Crippen molar-refractivity contribution in [2.45, 2.75) is 68.0 Å². The van der Waals surface area contributed by atoms with Gasteiger partial charge in [0.15, 0.2) is 5.78 Å². The van der Waals surface area contributed by atoms with Crippen LogP contribution in [0.5, 0.6) is 17.2 Å². The maximum Gasteiger partial charge on any atom is 0.316 e. The van der Waals surface area contributed by atoms with Crippen molar-refractivity contribution in [3.8, 4) is 17.2 Å². The number of carbonyl (C=O) groups is 3. The van der Waals surface area contributed by atoms with E-state index < -0.39 is 87.9 Å². The van der Waals surface area contributed by atoms with Crippen LogP contribution in [0.1, 0.15) is 80.8 Å². The zero-order chi connectivity index (χ0) is 30.8. The zero-order valence-corrected chi connectivity index (χ0v) is 23.4. The first-order valence-electron chi connectivity index (χ1n) is 13.3. The van der Waals surface area contributed by atoms with E-state index >= 15 is 0 Å². The van der Waals surface area contributed by atoms with Crippen molar-refractivity contribution in [3.05, 3.63) is 51.1 Å². The van der Waals surface area contributed by atoms with Crippen LogP contribution >= 0.6 is 0 Å². The Morgan fingerprint density at radius 2 is 1.71 bits per heavy atom. The minimum Gasteiger partial charge on any atom is -0.507 e. The van der Waals surface area contributed by atoms with Gasteiger partial charge < -0.3 is 49.7 Å². The standard InChI is InChI=1S/C29H31NO12/c1-28(39)8-13(32)14-9(18(28)26(38)40-5)6-10-15(21(14)34)22(35)16-12(31)7-11-24(17(16)20(10)33)41-27-23(36)19(30(3)4)25(37)29(11,2)42-27/h6-7,13,18-19,23,25,27,31-32,34,36-37,39H,8H2,1-5H3/t13-,18-,19-,23?,25-,27-,28-,29+/m0/s1. The first kappa shape index (κ1) is 28.5. The van der Waals surface area contributed by atoms with Crippen LogP contribution in [0.25, 0.3) is 0 Å². The summed E-state index contributed by atoms with van der Waals surface area (Å²) >= 11 is 0. The molecule has 0 radical (unpaired) electrons. The number of likely N-dealkylation sites (N-methyl/N-ethyl adjacent to an activating group) is 1. The molecule has 224 valence electrons. The van der Waals surface area contributed by atoms with E-state index in [9.17, 15) is 45.0 Å². The summed E-state index contributed by atoms with van der Waals surface area (Å²) in [6.07, 6.45) is -5.98. The number of benzene rings is 2. The fourth-order valence-electron chi connectivity index (χ4n) is 7.07. The SMILES string of the molecule is COC(=O)[C@@H]1c2cc3c(c(O)c2[C@@H](O)C[C@]1(C)O)C(=O)c1c(O)cc2c(c1C3=O)O[C@H]1O[C@@]2(C)[C@@H](O)[C@@H](N(C)C)C1O. The maximum atomic E-state index is 14.2. The molecule has 0 spiro atoms. The summed E-state index contributed by atoms with van der Waals surface area (Å²) in [7, 11) is 4.39. The summed E-state index contributed by atoms with van der Waals surface area (Å²) in [5.74, 6) is -5.77. The van der Waals surface area contributed by atoms with Gasteiger partial charge in [-0.05, 0) is 45.6 Å². The van der Waals surface area contributed by atoms with E-state index in [1.807, 2.05) is 0 Å². The number of carbonyl (C=O) groups excluding carboxylic acids is 3. The number of ether oxygens (including phenoxy) is 3. The third-order valence-electron chi connectivity index (χ3n) is 9.11. The second kappa shape index (κ2) is 8.96. The second-order valence-electron chi connectivity index (χ2n) is 12.0. The molecule has 6 N–H and O–H groups in total. The molecule has 2 aliphatic heterocycles. The lowest BCUT2D eigenvalue weighted by Gasteiger charge is -2.53. The summed E-state index contributed by atoms with van der Waals surface area (Å²) in [5, 5.41) is 66.5. The van der Waals surface area contributed by atoms with Crippen LogP contribution in [-0.2, 0) is 19.9 Å². The van der Waals surface area contributed by atoms with Gasteiger partial charge in [-0.25, -0.2) is 0 Å². The van der Waals surface area contributed by atoms with E-state index in [1.54, 1.807) is 19.0 Å². The lowest BCUT2D eigenvalue weighted by atomic mass is 9.68. The lowest BCUT2D eigenvalue weighted by molar-refractivity contribution is -0.311. The summed E-state index contributed by atoms with van der Waals surface area (Å²) in [6, 6.07) is 1.44. The predicted molar refractivity (Wildman–Crippen MR) is 140 cm³/mol. The number of nitrogens with zero attached hydrogens (tertiary/aromatic N) is 1. The first-order chi connectivity index (χ1) is 19.6. The number of aromatic hydroxyl groups is 2. The van der Waals surface area contributed by atoms with Crippen LogP contribution in [0.3, 0.4) is 0 Å². The number of methoxy groups -OCH3 is 1.